The van der Waals surface area contributed by atoms with Crippen LogP contribution >= 0.6 is 0 Å². The first-order valence-corrected chi connectivity index (χ1v) is 18.2. The zero-order chi connectivity index (χ0) is 33.0. The SMILES string of the molecule is C=Cc1cc2[nH]c1c(C(CC)CC)c1nc(c(C(CC)CC)c3nc(c(C(CC)CC)c4ccc([nH]4)c2C(CC)CC)C=C3)C=C1. The van der Waals surface area contributed by atoms with Crippen LogP contribution in [0.25, 0.3) is 52.4 Å². The highest BCUT2D eigenvalue weighted by atomic mass is 14.8. The molecule has 3 aromatic heterocycles. The normalized spacial score (nSPS) is 12.9. The van der Waals surface area contributed by atoms with Crippen molar-refractivity contribution in [2.45, 2.75) is 130 Å². The highest BCUT2D eigenvalue weighted by Crippen LogP contribution is 2.39. The van der Waals surface area contributed by atoms with Gasteiger partial charge in [-0.05, 0) is 123 Å². The Morgan fingerprint density at radius 3 is 1.39 bits per heavy atom. The Labute approximate surface area is 277 Å². The van der Waals surface area contributed by atoms with Gasteiger partial charge in [-0.3, -0.25) is 0 Å². The standard InChI is InChI=1S/C42H56N4/c1-10-26(11-2)38-31-19-20-32(43-31)39(27(12-3)13-4)34-23-24-36(45-34)41(29(16-7)17-8)42-30(18-9)25-37(46-42)40(28(14-5)15-6)35-22-21-33(38)44-35/h18-29,44,46H,9-17H2,1-8H3. The van der Waals surface area contributed by atoms with E-state index in [4.69, 9.17) is 9.97 Å². The van der Waals surface area contributed by atoms with Gasteiger partial charge in [0, 0.05) is 38.8 Å². The topological polar surface area (TPSA) is 57.4 Å². The monoisotopic (exact) mass is 616 g/mol. The molecule has 0 spiro atoms. The van der Waals surface area contributed by atoms with Crippen LogP contribution in [-0.4, -0.2) is 19.9 Å². The zero-order valence-corrected chi connectivity index (χ0v) is 29.7. The Kier molecular flexibility index (Phi) is 10.9. The molecule has 2 aliphatic rings. The van der Waals surface area contributed by atoms with Gasteiger partial charge in [0.05, 0.1) is 28.3 Å². The van der Waals surface area contributed by atoms with Crippen LogP contribution in [0.15, 0.2) is 24.8 Å². The van der Waals surface area contributed by atoms with E-state index in [9.17, 15) is 0 Å². The second-order valence-electron chi connectivity index (χ2n) is 13.1. The molecule has 3 aromatic rings. The molecule has 244 valence electrons. The summed E-state index contributed by atoms with van der Waals surface area (Å²) in [6.45, 7) is 22.7. The molecule has 0 amide bonds. The third kappa shape index (κ3) is 6.08. The largest absolute Gasteiger partial charge is 0.355 e. The van der Waals surface area contributed by atoms with Crippen molar-refractivity contribution in [1.29, 1.82) is 0 Å². The van der Waals surface area contributed by atoms with E-state index in [2.05, 4.69) is 114 Å². The lowest BCUT2D eigenvalue weighted by atomic mass is 9.91. The first-order chi connectivity index (χ1) is 22.4. The number of fused-ring (bicyclic) bond motifs is 8. The lowest BCUT2D eigenvalue weighted by Gasteiger charge is -2.17. The number of rotatable bonds is 13. The minimum absolute atomic E-state index is 0.373. The van der Waals surface area contributed by atoms with Gasteiger partial charge in [-0.1, -0.05) is 68.0 Å². The molecule has 0 fully saturated rings. The summed E-state index contributed by atoms with van der Waals surface area (Å²) >= 11 is 0. The van der Waals surface area contributed by atoms with Crippen molar-refractivity contribution < 1.29 is 0 Å². The summed E-state index contributed by atoms with van der Waals surface area (Å²) in [6.07, 6.45) is 19.5. The molecule has 0 aromatic carbocycles. The van der Waals surface area contributed by atoms with Gasteiger partial charge in [0.15, 0.2) is 0 Å². The zero-order valence-electron chi connectivity index (χ0n) is 29.7. The van der Waals surface area contributed by atoms with E-state index in [0.717, 1.165) is 85.2 Å². The lowest BCUT2D eigenvalue weighted by Crippen LogP contribution is -2.04. The Morgan fingerprint density at radius 1 is 0.522 bits per heavy atom. The molecule has 4 heteroatoms. The van der Waals surface area contributed by atoms with Gasteiger partial charge in [-0.2, -0.15) is 0 Å². The molecule has 4 nitrogen and oxygen atoms in total. The highest BCUT2D eigenvalue weighted by molar-refractivity contribution is 5.87. The van der Waals surface area contributed by atoms with Crippen LogP contribution < -0.4 is 0 Å². The maximum atomic E-state index is 5.48. The smallest absolute Gasteiger partial charge is 0.0694 e. The number of nitrogens with zero attached hydrogens (tertiary/aromatic N) is 2. The summed E-state index contributed by atoms with van der Waals surface area (Å²) in [4.78, 5) is 18.9. The van der Waals surface area contributed by atoms with Crippen molar-refractivity contribution in [3.8, 4) is 0 Å². The molecule has 0 saturated carbocycles. The second kappa shape index (κ2) is 14.8. The van der Waals surface area contributed by atoms with E-state index < -0.39 is 0 Å². The van der Waals surface area contributed by atoms with Gasteiger partial charge in [0.1, 0.15) is 0 Å². The van der Waals surface area contributed by atoms with E-state index in [1.807, 2.05) is 6.08 Å². The van der Waals surface area contributed by atoms with Crippen molar-refractivity contribution in [3.05, 3.63) is 75.4 Å². The molecule has 5 rings (SSSR count). The molecule has 0 saturated heterocycles. The summed E-state index contributed by atoms with van der Waals surface area (Å²) in [7, 11) is 0. The minimum Gasteiger partial charge on any atom is -0.355 e. The molecule has 8 bridgehead atoms. The molecule has 0 atom stereocenters. The predicted molar refractivity (Wildman–Crippen MR) is 202 cm³/mol. The lowest BCUT2D eigenvalue weighted by molar-refractivity contribution is 0.633. The molecule has 5 heterocycles. The van der Waals surface area contributed by atoms with Crippen LogP contribution in [0.5, 0.6) is 0 Å². The van der Waals surface area contributed by atoms with E-state index in [0.29, 0.717) is 23.7 Å². The van der Waals surface area contributed by atoms with Crippen LogP contribution in [0.2, 0.25) is 0 Å². The van der Waals surface area contributed by atoms with Gasteiger partial charge >= 0.3 is 0 Å². The van der Waals surface area contributed by atoms with E-state index in [-0.39, 0.29) is 0 Å². The van der Waals surface area contributed by atoms with Gasteiger partial charge in [0.2, 0.25) is 0 Å². The Morgan fingerprint density at radius 2 is 0.913 bits per heavy atom. The van der Waals surface area contributed by atoms with Crippen molar-refractivity contribution in [2.24, 2.45) is 0 Å². The molecule has 0 radical (unpaired) electrons. The van der Waals surface area contributed by atoms with Crippen molar-refractivity contribution in [2.75, 3.05) is 0 Å². The van der Waals surface area contributed by atoms with E-state index >= 15 is 0 Å². The maximum Gasteiger partial charge on any atom is 0.0694 e. The average Bonchev–Trinajstić information content (AvgIpc) is 3.91. The van der Waals surface area contributed by atoms with Crippen molar-refractivity contribution >= 4 is 52.4 Å². The molecule has 46 heavy (non-hydrogen) atoms. The number of aromatic amines is 2. The van der Waals surface area contributed by atoms with Crippen LogP contribution in [0.3, 0.4) is 0 Å². The fourth-order valence-corrected chi connectivity index (χ4v) is 8.06. The van der Waals surface area contributed by atoms with Gasteiger partial charge in [-0.25, -0.2) is 9.97 Å². The molecule has 0 aliphatic carbocycles. The van der Waals surface area contributed by atoms with Crippen LogP contribution in [0, 0.1) is 0 Å². The molecular weight excluding hydrogens is 560 g/mol. The van der Waals surface area contributed by atoms with E-state index in [1.54, 1.807) is 0 Å². The third-order valence-corrected chi connectivity index (χ3v) is 10.9. The van der Waals surface area contributed by atoms with Crippen molar-refractivity contribution in [3.63, 3.8) is 0 Å². The Hall–Kier alpha value is -3.66. The maximum absolute atomic E-state index is 5.48. The number of aromatic nitrogens is 4. The summed E-state index contributed by atoms with van der Waals surface area (Å²) in [5, 5.41) is 0. The Balaban J connectivity index is 2.09. The quantitative estimate of drug-likeness (QED) is 0.138. The summed E-state index contributed by atoms with van der Waals surface area (Å²) < 4.78 is 0. The average molecular weight is 617 g/mol. The molecule has 2 aliphatic heterocycles. The Bertz CT molecular complexity index is 1760. The number of nitrogens with one attached hydrogen (secondary N) is 2. The fourth-order valence-electron chi connectivity index (χ4n) is 8.06. The predicted octanol–water partition coefficient (Wildman–Crippen LogP) is 12.9. The number of H-pyrrole nitrogens is 2. The van der Waals surface area contributed by atoms with Gasteiger partial charge in [0.25, 0.3) is 0 Å². The van der Waals surface area contributed by atoms with Crippen molar-refractivity contribution in [1.82, 2.24) is 19.9 Å². The first-order valence-electron chi connectivity index (χ1n) is 18.2. The molecule has 0 unspecified atom stereocenters. The van der Waals surface area contributed by atoms with Gasteiger partial charge in [-0.15, -0.1) is 0 Å². The fraction of sp³-hybridized carbons (Fsp3) is 0.476. The van der Waals surface area contributed by atoms with Crippen LogP contribution in [0.4, 0.5) is 0 Å². The number of hydrogen-bond acceptors (Lipinski definition) is 2. The molecular formula is C42H56N4. The van der Waals surface area contributed by atoms with Gasteiger partial charge < -0.3 is 9.97 Å². The first kappa shape index (κ1) is 33.7. The second-order valence-corrected chi connectivity index (χ2v) is 13.1. The minimum atomic E-state index is 0.373. The van der Waals surface area contributed by atoms with E-state index in [1.165, 1.54) is 38.8 Å². The highest BCUT2D eigenvalue weighted by Gasteiger charge is 2.25. The van der Waals surface area contributed by atoms with Crippen LogP contribution in [-0.2, 0) is 0 Å². The molecule has 2 N–H and O–H groups in total. The summed E-state index contributed by atoms with van der Waals surface area (Å²) in [6, 6.07) is 6.94. The van der Waals surface area contributed by atoms with Crippen LogP contribution in [0.1, 0.15) is 181 Å². The summed E-state index contributed by atoms with van der Waals surface area (Å²) in [5.74, 6) is 1.57. The third-order valence-electron chi connectivity index (χ3n) is 10.9. The number of hydrogen-bond donors (Lipinski definition) is 2. The summed E-state index contributed by atoms with van der Waals surface area (Å²) in [5.41, 5.74) is 15.4.